The van der Waals surface area contributed by atoms with E-state index in [1.165, 1.54) is 51.4 Å². The van der Waals surface area contributed by atoms with E-state index in [2.05, 4.69) is 0 Å². The van der Waals surface area contributed by atoms with Crippen molar-refractivity contribution in [2.24, 2.45) is 23.7 Å². The second-order valence-corrected chi connectivity index (χ2v) is 5.93. The van der Waals surface area contributed by atoms with Crippen molar-refractivity contribution >= 4 is 5.78 Å². The lowest BCUT2D eigenvalue weighted by Gasteiger charge is -2.46. The molecule has 3 aliphatic rings. The number of hydrogen-bond donors (Lipinski definition) is 0. The number of hydrogen-bond acceptors (Lipinski definition) is 1. The van der Waals surface area contributed by atoms with Crippen LogP contribution in [0.25, 0.3) is 0 Å². The molecule has 3 saturated carbocycles. The van der Waals surface area contributed by atoms with Crippen LogP contribution < -0.4 is 0 Å². The Morgan fingerprint density at radius 2 is 1.53 bits per heavy atom. The molecule has 3 aliphatic carbocycles. The summed E-state index contributed by atoms with van der Waals surface area (Å²) in [6.45, 7) is 0. The summed E-state index contributed by atoms with van der Waals surface area (Å²) in [7, 11) is 0. The fourth-order valence-electron chi connectivity index (χ4n) is 4.56. The standard InChI is InChI=1S/C14H22O/c15-13-7-3-5-11-9-8-10-4-1-2-6-12(10)14(11)13/h10-12,14H,1-9H2/t10-,11+,12+,14+/m1/s1. The molecule has 15 heavy (non-hydrogen) atoms. The molecule has 0 aliphatic heterocycles. The maximum atomic E-state index is 12.1. The van der Waals surface area contributed by atoms with Crippen LogP contribution in [0, 0.1) is 23.7 Å². The Balaban J connectivity index is 1.82. The van der Waals surface area contributed by atoms with E-state index in [1.807, 2.05) is 0 Å². The zero-order chi connectivity index (χ0) is 10.3. The second kappa shape index (κ2) is 3.92. The van der Waals surface area contributed by atoms with Crippen LogP contribution in [-0.2, 0) is 4.79 Å². The summed E-state index contributed by atoms with van der Waals surface area (Å²) in [6.07, 6.45) is 11.8. The van der Waals surface area contributed by atoms with Gasteiger partial charge in [-0.1, -0.05) is 19.3 Å². The number of Topliss-reactive ketones (excluding diaryl/α,β-unsaturated/α-hetero) is 1. The Labute approximate surface area is 92.6 Å². The van der Waals surface area contributed by atoms with Crippen molar-refractivity contribution in [1.29, 1.82) is 0 Å². The average molecular weight is 206 g/mol. The van der Waals surface area contributed by atoms with Gasteiger partial charge in [0.05, 0.1) is 0 Å². The summed E-state index contributed by atoms with van der Waals surface area (Å²) in [5.74, 6) is 3.62. The van der Waals surface area contributed by atoms with Gasteiger partial charge in [-0.3, -0.25) is 4.79 Å². The number of rotatable bonds is 0. The summed E-state index contributed by atoms with van der Waals surface area (Å²) in [6, 6.07) is 0. The van der Waals surface area contributed by atoms with Crippen molar-refractivity contribution in [3.05, 3.63) is 0 Å². The van der Waals surface area contributed by atoms with Crippen LogP contribution in [-0.4, -0.2) is 5.78 Å². The van der Waals surface area contributed by atoms with Crippen LogP contribution in [0.3, 0.4) is 0 Å². The average Bonchev–Trinajstić information content (AvgIpc) is 2.29. The van der Waals surface area contributed by atoms with Crippen molar-refractivity contribution in [3.63, 3.8) is 0 Å². The van der Waals surface area contributed by atoms with Crippen molar-refractivity contribution in [3.8, 4) is 0 Å². The first kappa shape index (κ1) is 9.86. The van der Waals surface area contributed by atoms with Gasteiger partial charge in [-0.05, 0) is 49.9 Å². The third-order valence-corrected chi connectivity index (χ3v) is 5.22. The zero-order valence-corrected chi connectivity index (χ0v) is 9.58. The Morgan fingerprint density at radius 3 is 2.47 bits per heavy atom. The predicted octanol–water partition coefficient (Wildman–Crippen LogP) is 3.57. The highest BCUT2D eigenvalue weighted by molar-refractivity contribution is 5.82. The van der Waals surface area contributed by atoms with Crippen LogP contribution >= 0.6 is 0 Å². The van der Waals surface area contributed by atoms with Gasteiger partial charge in [0.15, 0.2) is 0 Å². The first-order chi connectivity index (χ1) is 7.36. The molecule has 1 heteroatoms. The number of carbonyl (C=O) groups is 1. The number of fused-ring (bicyclic) bond motifs is 3. The van der Waals surface area contributed by atoms with Crippen LogP contribution in [0.5, 0.6) is 0 Å². The van der Waals surface area contributed by atoms with Gasteiger partial charge in [0.25, 0.3) is 0 Å². The molecule has 3 rings (SSSR count). The maximum absolute atomic E-state index is 12.1. The van der Waals surface area contributed by atoms with Gasteiger partial charge in [-0.15, -0.1) is 0 Å². The molecule has 0 aromatic rings. The Hall–Kier alpha value is -0.330. The summed E-state index contributed by atoms with van der Waals surface area (Å²) in [5.41, 5.74) is 0. The van der Waals surface area contributed by atoms with Crippen LogP contribution in [0.15, 0.2) is 0 Å². The fraction of sp³-hybridized carbons (Fsp3) is 0.929. The van der Waals surface area contributed by atoms with Crippen molar-refractivity contribution in [2.45, 2.75) is 57.8 Å². The molecule has 0 bridgehead atoms. The first-order valence-corrected chi connectivity index (χ1v) is 6.89. The molecule has 0 N–H and O–H groups in total. The van der Waals surface area contributed by atoms with Gasteiger partial charge < -0.3 is 0 Å². The van der Waals surface area contributed by atoms with E-state index in [1.54, 1.807) is 0 Å². The van der Waals surface area contributed by atoms with Gasteiger partial charge in [0.1, 0.15) is 5.78 Å². The molecule has 0 amide bonds. The Bertz CT molecular complexity index is 258. The largest absolute Gasteiger partial charge is 0.299 e. The SMILES string of the molecule is O=C1CCC[C@H]2CC[C@H]3CCCC[C@@H]3[C@@H]12. The molecule has 0 aromatic carbocycles. The molecule has 0 saturated heterocycles. The monoisotopic (exact) mass is 206 g/mol. The molecule has 84 valence electrons. The summed E-state index contributed by atoms with van der Waals surface area (Å²) >= 11 is 0. The van der Waals surface area contributed by atoms with E-state index in [-0.39, 0.29) is 0 Å². The van der Waals surface area contributed by atoms with Gasteiger partial charge in [0.2, 0.25) is 0 Å². The lowest BCUT2D eigenvalue weighted by Crippen LogP contribution is -2.43. The van der Waals surface area contributed by atoms with Crippen LogP contribution in [0.1, 0.15) is 57.8 Å². The quantitative estimate of drug-likeness (QED) is 0.592. The molecule has 0 aromatic heterocycles. The molecule has 1 nitrogen and oxygen atoms in total. The number of ketones is 1. The summed E-state index contributed by atoms with van der Waals surface area (Å²) in [5, 5.41) is 0. The molecule has 0 radical (unpaired) electrons. The lowest BCUT2D eigenvalue weighted by molar-refractivity contribution is -0.133. The molecule has 3 fully saturated rings. The molecule has 0 spiro atoms. The lowest BCUT2D eigenvalue weighted by atomic mass is 9.57. The van der Waals surface area contributed by atoms with E-state index < -0.39 is 0 Å². The number of carbonyl (C=O) groups excluding carboxylic acids is 1. The molecular formula is C14H22O. The zero-order valence-electron chi connectivity index (χ0n) is 9.58. The fourth-order valence-corrected chi connectivity index (χ4v) is 4.56. The van der Waals surface area contributed by atoms with Gasteiger partial charge in [-0.25, -0.2) is 0 Å². The summed E-state index contributed by atoms with van der Waals surface area (Å²) < 4.78 is 0. The molecule has 0 heterocycles. The summed E-state index contributed by atoms with van der Waals surface area (Å²) in [4.78, 5) is 12.1. The van der Waals surface area contributed by atoms with Crippen LogP contribution in [0.4, 0.5) is 0 Å². The highest BCUT2D eigenvalue weighted by atomic mass is 16.1. The Morgan fingerprint density at radius 1 is 0.800 bits per heavy atom. The second-order valence-electron chi connectivity index (χ2n) is 5.93. The predicted molar refractivity (Wildman–Crippen MR) is 60.5 cm³/mol. The van der Waals surface area contributed by atoms with E-state index in [0.717, 1.165) is 24.2 Å². The van der Waals surface area contributed by atoms with E-state index in [9.17, 15) is 4.79 Å². The van der Waals surface area contributed by atoms with E-state index >= 15 is 0 Å². The first-order valence-electron chi connectivity index (χ1n) is 6.89. The normalized spacial score (nSPS) is 45.7. The van der Waals surface area contributed by atoms with E-state index in [0.29, 0.717) is 11.7 Å². The minimum Gasteiger partial charge on any atom is -0.299 e. The molecule has 0 unspecified atom stereocenters. The molecule has 4 atom stereocenters. The highest BCUT2D eigenvalue weighted by Crippen LogP contribution is 2.50. The van der Waals surface area contributed by atoms with Crippen molar-refractivity contribution < 1.29 is 4.79 Å². The highest BCUT2D eigenvalue weighted by Gasteiger charge is 2.44. The Kier molecular flexibility index (Phi) is 2.58. The topological polar surface area (TPSA) is 17.1 Å². The van der Waals surface area contributed by atoms with Gasteiger partial charge >= 0.3 is 0 Å². The third kappa shape index (κ3) is 1.64. The minimum absolute atomic E-state index is 0.498. The molecular weight excluding hydrogens is 184 g/mol. The van der Waals surface area contributed by atoms with Crippen molar-refractivity contribution in [1.82, 2.24) is 0 Å². The smallest absolute Gasteiger partial charge is 0.136 e. The van der Waals surface area contributed by atoms with Crippen LogP contribution in [0.2, 0.25) is 0 Å². The maximum Gasteiger partial charge on any atom is 0.136 e. The third-order valence-electron chi connectivity index (χ3n) is 5.22. The van der Waals surface area contributed by atoms with Crippen molar-refractivity contribution in [2.75, 3.05) is 0 Å². The van der Waals surface area contributed by atoms with Gasteiger partial charge in [0, 0.05) is 12.3 Å². The van der Waals surface area contributed by atoms with E-state index in [4.69, 9.17) is 0 Å². The van der Waals surface area contributed by atoms with Gasteiger partial charge in [-0.2, -0.15) is 0 Å². The minimum atomic E-state index is 0.498.